The first-order chi connectivity index (χ1) is 9.11. The molecule has 1 aromatic carbocycles. The van der Waals surface area contributed by atoms with Gasteiger partial charge in [-0.3, -0.25) is 4.79 Å². The van der Waals surface area contributed by atoms with E-state index < -0.39 is 5.91 Å². The van der Waals surface area contributed by atoms with Crippen LogP contribution in [0, 0.1) is 6.92 Å². The molecule has 0 atom stereocenters. The zero-order valence-electron chi connectivity index (χ0n) is 10.4. The van der Waals surface area contributed by atoms with Gasteiger partial charge in [-0.1, -0.05) is 0 Å². The lowest BCUT2D eigenvalue weighted by molar-refractivity contribution is 0.0996. The summed E-state index contributed by atoms with van der Waals surface area (Å²) in [6, 6.07) is 7.08. The predicted molar refractivity (Wildman–Crippen MR) is 71.4 cm³/mol. The van der Waals surface area contributed by atoms with Gasteiger partial charge in [-0.25, -0.2) is 4.98 Å². The normalized spacial score (nSPS) is 10.4. The highest BCUT2D eigenvalue weighted by Gasteiger charge is 2.17. The summed E-state index contributed by atoms with van der Waals surface area (Å²) in [5.74, 6) is 1.27. The lowest BCUT2D eigenvalue weighted by Crippen LogP contribution is -2.12. The molecule has 1 amide bonds. The molecule has 0 saturated heterocycles. The van der Waals surface area contributed by atoms with Crippen LogP contribution in [0.5, 0.6) is 5.75 Å². The maximum Gasteiger partial charge on any atom is 0.271 e. The Labute approximate surface area is 115 Å². The SMILES string of the molecule is Cc1nc(C(N)=O)c(-c2ccc(OCCCl)cc2)o1. The molecule has 1 aromatic heterocycles. The fraction of sp³-hybridized carbons (Fsp3) is 0.231. The molecule has 0 fully saturated rings. The minimum absolute atomic E-state index is 0.131. The first-order valence-electron chi connectivity index (χ1n) is 5.68. The van der Waals surface area contributed by atoms with Crippen molar-refractivity contribution in [3.63, 3.8) is 0 Å². The highest BCUT2D eigenvalue weighted by atomic mass is 35.5. The van der Waals surface area contributed by atoms with Gasteiger partial charge in [0, 0.05) is 12.5 Å². The number of benzene rings is 1. The van der Waals surface area contributed by atoms with Gasteiger partial charge in [0.05, 0.1) is 5.88 Å². The first-order valence-corrected chi connectivity index (χ1v) is 6.21. The number of nitrogens with two attached hydrogens (primary N) is 1. The molecule has 0 aliphatic carbocycles. The Morgan fingerprint density at radius 1 is 1.42 bits per heavy atom. The van der Waals surface area contributed by atoms with Crippen molar-refractivity contribution in [3.8, 4) is 17.1 Å². The van der Waals surface area contributed by atoms with Crippen LogP contribution in [0.2, 0.25) is 0 Å². The first kappa shape index (κ1) is 13.4. The van der Waals surface area contributed by atoms with Crippen molar-refractivity contribution in [1.29, 1.82) is 0 Å². The number of aromatic nitrogens is 1. The number of alkyl halides is 1. The molecule has 100 valence electrons. The molecular weight excluding hydrogens is 268 g/mol. The number of nitrogens with zero attached hydrogens (tertiary/aromatic N) is 1. The standard InChI is InChI=1S/C13H13ClN2O3/c1-8-16-11(13(15)17)12(19-8)9-2-4-10(5-3-9)18-7-6-14/h2-5H,6-7H2,1H3,(H2,15,17). The molecule has 0 radical (unpaired) electrons. The summed E-state index contributed by atoms with van der Waals surface area (Å²) in [6.07, 6.45) is 0. The van der Waals surface area contributed by atoms with Crippen molar-refractivity contribution < 1.29 is 13.9 Å². The third kappa shape index (κ3) is 3.06. The van der Waals surface area contributed by atoms with Gasteiger partial charge >= 0.3 is 0 Å². The van der Waals surface area contributed by atoms with Crippen LogP contribution in [-0.2, 0) is 0 Å². The Morgan fingerprint density at radius 2 is 2.11 bits per heavy atom. The van der Waals surface area contributed by atoms with E-state index >= 15 is 0 Å². The van der Waals surface area contributed by atoms with E-state index in [4.69, 9.17) is 26.5 Å². The number of rotatable bonds is 5. The number of carbonyl (C=O) groups excluding carboxylic acids is 1. The van der Waals surface area contributed by atoms with Crippen molar-refractivity contribution in [3.05, 3.63) is 35.9 Å². The molecule has 19 heavy (non-hydrogen) atoms. The van der Waals surface area contributed by atoms with E-state index in [9.17, 15) is 4.79 Å². The molecule has 0 spiro atoms. The van der Waals surface area contributed by atoms with Crippen molar-refractivity contribution in [2.24, 2.45) is 5.73 Å². The summed E-state index contributed by atoms with van der Waals surface area (Å²) >= 11 is 5.54. The van der Waals surface area contributed by atoms with Crippen molar-refractivity contribution >= 4 is 17.5 Å². The predicted octanol–water partition coefficient (Wildman–Crippen LogP) is 2.37. The summed E-state index contributed by atoms with van der Waals surface area (Å²) in [5.41, 5.74) is 6.11. The molecule has 2 N–H and O–H groups in total. The van der Waals surface area contributed by atoms with Crippen LogP contribution in [0.3, 0.4) is 0 Å². The van der Waals surface area contributed by atoms with Gasteiger partial charge in [0.25, 0.3) is 5.91 Å². The highest BCUT2D eigenvalue weighted by Crippen LogP contribution is 2.26. The van der Waals surface area contributed by atoms with Gasteiger partial charge in [-0.2, -0.15) is 0 Å². The molecule has 0 bridgehead atoms. The highest BCUT2D eigenvalue weighted by molar-refractivity contribution is 6.18. The molecular formula is C13H13ClN2O3. The molecule has 5 nitrogen and oxygen atoms in total. The Balaban J connectivity index is 2.29. The summed E-state index contributed by atoms with van der Waals surface area (Å²) in [6.45, 7) is 2.10. The second kappa shape index (κ2) is 5.75. The Morgan fingerprint density at radius 3 is 2.68 bits per heavy atom. The number of carbonyl (C=O) groups is 1. The van der Waals surface area contributed by atoms with Crippen LogP contribution in [-0.4, -0.2) is 23.4 Å². The fourth-order valence-electron chi connectivity index (χ4n) is 1.65. The Bertz CT molecular complexity index is 578. The lowest BCUT2D eigenvalue weighted by Gasteiger charge is -2.04. The third-order valence-electron chi connectivity index (χ3n) is 2.43. The minimum atomic E-state index is -0.616. The van der Waals surface area contributed by atoms with Crippen molar-refractivity contribution in [2.45, 2.75) is 6.92 Å². The van der Waals surface area contributed by atoms with Gasteiger partial charge < -0.3 is 14.9 Å². The molecule has 6 heteroatoms. The Hall–Kier alpha value is -2.01. The molecule has 0 aliphatic heterocycles. The lowest BCUT2D eigenvalue weighted by atomic mass is 10.1. The Kier molecular flexibility index (Phi) is 4.06. The van der Waals surface area contributed by atoms with Gasteiger partial charge in [0.2, 0.25) is 0 Å². The summed E-state index contributed by atoms with van der Waals surface area (Å²) in [7, 11) is 0. The van der Waals surface area contributed by atoms with E-state index in [-0.39, 0.29) is 5.69 Å². The van der Waals surface area contributed by atoms with Crippen LogP contribution < -0.4 is 10.5 Å². The van der Waals surface area contributed by atoms with E-state index in [2.05, 4.69) is 4.98 Å². The van der Waals surface area contributed by atoms with Crippen LogP contribution in [0.4, 0.5) is 0 Å². The molecule has 1 heterocycles. The molecule has 0 unspecified atom stereocenters. The topological polar surface area (TPSA) is 78.3 Å². The number of hydrogen-bond acceptors (Lipinski definition) is 4. The summed E-state index contributed by atoms with van der Waals surface area (Å²) in [5, 5.41) is 0. The van der Waals surface area contributed by atoms with Gasteiger partial charge in [0.1, 0.15) is 12.4 Å². The number of primary amides is 1. The largest absolute Gasteiger partial charge is 0.492 e. The number of halogens is 1. The maximum atomic E-state index is 11.3. The maximum absolute atomic E-state index is 11.3. The molecule has 2 aromatic rings. The molecule has 0 saturated carbocycles. The van der Waals surface area contributed by atoms with Gasteiger partial charge in [-0.15, -0.1) is 11.6 Å². The molecule has 0 aliphatic rings. The number of amides is 1. The number of aryl methyl sites for hydroxylation is 1. The zero-order chi connectivity index (χ0) is 13.8. The van der Waals surface area contributed by atoms with Gasteiger partial charge in [0.15, 0.2) is 17.3 Å². The van der Waals surface area contributed by atoms with E-state index in [0.29, 0.717) is 35.5 Å². The second-order valence-electron chi connectivity index (χ2n) is 3.84. The van der Waals surface area contributed by atoms with Crippen LogP contribution >= 0.6 is 11.6 Å². The van der Waals surface area contributed by atoms with Gasteiger partial charge in [-0.05, 0) is 24.3 Å². The number of oxazole rings is 1. The fourth-order valence-corrected chi connectivity index (χ4v) is 1.73. The van der Waals surface area contributed by atoms with Crippen LogP contribution in [0.25, 0.3) is 11.3 Å². The van der Waals surface area contributed by atoms with E-state index in [1.807, 2.05) is 0 Å². The van der Waals surface area contributed by atoms with Crippen LogP contribution in [0.1, 0.15) is 16.4 Å². The van der Waals surface area contributed by atoms with Crippen molar-refractivity contribution in [2.75, 3.05) is 12.5 Å². The monoisotopic (exact) mass is 280 g/mol. The average molecular weight is 281 g/mol. The summed E-state index contributed by atoms with van der Waals surface area (Å²) < 4.78 is 10.8. The van der Waals surface area contributed by atoms with E-state index in [1.54, 1.807) is 31.2 Å². The number of hydrogen-bond donors (Lipinski definition) is 1. The van der Waals surface area contributed by atoms with Crippen molar-refractivity contribution in [1.82, 2.24) is 4.98 Å². The van der Waals surface area contributed by atoms with E-state index in [1.165, 1.54) is 0 Å². The minimum Gasteiger partial charge on any atom is -0.492 e. The zero-order valence-corrected chi connectivity index (χ0v) is 11.1. The van der Waals surface area contributed by atoms with E-state index in [0.717, 1.165) is 0 Å². The average Bonchev–Trinajstić information content (AvgIpc) is 2.79. The number of ether oxygens (including phenoxy) is 1. The smallest absolute Gasteiger partial charge is 0.271 e. The summed E-state index contributed by atoms with van der Waals surface area (Å²) in [4.78, 5) is 15.2. The quantitative estimate of drug-likeness (QED) is 0.853. The third-order valence-corrected chi connectivity index (χ3v) is 2.58. The molecule has 2 rings (SSSR count). The van der Waals surface area contributed by atoms with Crippen LogP contribution in [0.15, 0.2) is 28.7 Å². The second-order valence-corrected chi connectivity index (χ2v) is 4.21.